The van der Waals surface area contributed by atoms with Gasteiger partial charge in [0.2, 0.25) is 5.91 Å². The zero-order valence-corrected chi connectivity index (χ0v) is 16.9. The molecule has 0 aromatic carbocycles. The van der Waals surface area contributed by atoms with Crippen molar-refractivity contribution < 1.29 is 13.2 Å². The number of aryl methyl sites for hydroxylation is 1. The average Bonchev–Trinajstić information content (AvgIpc) is 3.34. The number of rotatable bonds is 5. The second kappa shape index (κ2) is 7.20. The lowest BCUT2D eigenvalue weighted by Gasteiger charge is -2.28. The normalized spacial score (nSPS) is 21.4. The molecule has 1 aromatic rings. The van der Waals surface area contributed by atoms with Crippen LogP contribution in [0.3, 0.4) is 0 Å². The zero-order valence-electron chi connectivity index (χ0n) is 15.3. The molecule has 1 amide bonds. The molecule has 0 N–H and O–H groups in total. The standard InChI is InChI=1S/C18H23N3O3S2/c1-11-12(2)16(8-19)18(20-13(11)3)25-9-17(22)21(14-4-5-14)15-6-7-26(23,24)10-15/h14-15H,4-7,9-10H2,1-3H3/t15-/m1/s1. The summed E-state index contributed by atoms with van der Waals surface area (Å²) in [6.07, 6.45) is 2.41. The van der Waals surface area contributed by atoms with Gasteiger partial charge in [-0.15, -0.1) is 0 Å². The van der Waals surface area contributed by atoms with Crippen molar-refractivity contribution in [3.63, 3.8) is 0 Å². The van der Waals surface area contributed by atoms with Crippen LogP contribution in [0.2, 0.25) is 0 Å². The first kappa shape index (κ1) is 19.2. The van der Waals surface area contributed by atoms with E-state index in [-0.39, 0.29) is 35.2 Å². The van der Waals surface area contributed by atoms with Gasteiger partial charge in [0, 0.05) is 17.8 Å². The fourth-order valence-electron chi connectivity index (χ4n) is 3.40. The van der Waals surface area contributed by atoms with Gasteiger partial charge in [-0.25, -0.2) is 13.4 Å². The number of hydrogen-bond acceptors (Lipinski definition) is 6. The minimum Gasteiger partial charge on any atom is -0.335 e. The first-order chi connectivity index (χ1) is 12.2. The Balaban J connectivity index is 1.75. The number of nitrogens with zero attached hydrogens (tertiary/aromatic N) is 3. The Bertz CT molecular complexity index is 886. The molecule has 6 nitrogen and oxygen atoms in total. The molecule has 1 aliphatic carbocycles. The van der Waals surface area contributed by atoms with Crippen molar-refractivity contribution in [1.82, 2.24) is 9.88 Å². The number of hydrogen-bond donors (Lipinski definition) is 0. The zero-order chi connectivity index (χ0) is 19.1. The fraction of sp³-hybridized carbons (Fsp3) is 0.611. The molecule has 0 spiro atoms. The first-order valence-corrected chi connectivity index (χ1v) is 11.6. The molecule has 0 radical (unpaired) electrons. The Morgan fingerprint density at radius 2 is 1.92 bits per heavy atom. The van der Waals surface area contributed by atoms with Crippen molar-refractivity contribution in [3.05, 3.63) is 22.4 Å². The smallest absolute Gasteiger partial charge is 0.233 e. The van der Waals surface area contributed by atoms with Gasteiger partial charge in [0.25, 0.3) is 0 Å². The molecule has 140 valence electrons. The van der Waals surface area contributed by atoms with Crippen molar-refractivity contribution in [2.45, 2.75) is 57.1 Å². The third-order valence-corrected chi connectivity index (χ3v) is 7.95. The van der Waals surface area contributed by atoms with Gasteiger partial charge >= 0.3 is 0 Å². The highest BCUT2D eigenvalue weighted by Gasteiger charge is 2.41. The van der Waals surface area contributed by atoms with Gasteiger partial charge in [0.1, 0.15) is 11.1 Å². The van der Waals surface area contributed by atoms with Gasteiger partial charge in [-0.1, -0.05) is 11.8 Å². The fourth-order valence-corrected chi connectivity index (χ4v) is 6.07. The summed E-state index contributed by atoms with van der Waals surface area (Å²) in [6.45, 7) is 5.73. The Labute approximate surface area is 158 Å². The Hall–Kier alpha value is -1.59. The summed E-state index contributed by atoms with van der Waals surface area (Å²) >= 11 is 1.27. The molecule has 1 aliphatic heterocycles. The molecule has 26 heavy (non-hydrogen) atoms. The maximum atomic E-state index is 12.8. The predicted molar refractivity (Wildman–Crippen MR) is 101 cm³/mol. The highest BCUT2D eigenvalue weighted by molar-refractivity contribution is 8.00. The Kier molecular flexibility index (Phi) is 5.31. The van der Waals surface area contributed by atoms with Gasteiger partial charge < -0.3 is 4.90 Å². The van der Waals surface area contributed by atoms with Gasteiger partial charge in [-0.05, 0) is 51.2 Å². The monoisotopic (exact) mass is 393 g/mol. The van der Waals surface area contributed by atoms with Crippen molar-refractivity contribution >= 4 is 27.5 Å². The molecular formula is C18H23N3O3S2. The lowest BCUT2D eigenvalue weighted by Crippen LogP contribution is -2.43. The molecule has 0 unspecified atom stereocenters. The first-order valence-electron chi connectivity index (χ1n) is 8.75. The van der Waals surface area contributed by atoms with Crippen molar-refractivity contribution in [2.24, 2.45) is 0 Å². The number of carbonyl (C=O) groups excluding carboxylic acids is 1. The largest absolute Gasteiger partial charge is 0.335 e. The lowest BCUT2D eigenvalue weighted by molar-refractivity contribution is -0.130. The van der Waals surface area contributed by atoms with Crippen molar-refractivity contribution in [1.29, 1.82) is 5.26 Å². The lowest BCUT2D eigenvalue weighted by atomic mass is 10.1. The van der Waals surface area contributed by atoms with E-state index in [1.54, 1.807) is 4.90 Å². The maximum absolute atomic E-state index is 12.8. The van der Waals surface area contributed by atoms with Crippen LogP contribution < -0.4 is 0 Å². The van der Waals surface area contributed by atoms with E-state index in [4.69, 9.17) is 0 Å². The summed E-state index contributed by atoms with van der Waals surface area (Å²) in [5.74, 6) is 0.361. The van der Waals surface area contributed by atoms with Crippen LogP contribution in [0.25, 0.3) is 0 Å². The third kappa shape index (κ3) is 3.89. The van der Waals surface area contributed by atoms with Crippen LogP contribution in [0.5, 0.6) is 0 Å². The van der Waals surface area contributed by atoms with Crippen molar-refractivity contribution in [3.8, 4) is 6.07 Å². The molecular weight excluding hydrogens is 370 g/mol. The topological polar surface area (TPSA) is 91.1 Å². The minimum atomic E-state index is -3.03. The highest BCUT2D eigenvalue weighted by Crippen LogP contribution is 2.34. The summed E-state index contributed by atoms with van der Waals surface area (Å²) in [5, 5.41) is 10.0. The number of sulfone groups is 1. The van der Waals surface area contributed by atoms with Crippen LogP contribution in [0.4, 0.5) is 0 Å². The third-order valence-electron chi connectivity index (χ3n) is 5.24. The second-order valence-electron chi connectivity index (χ2n) is 7.12. The number of pyridine rings is 1. The van der Waals surface area contributed by atoms with Crippen molar-refractivity contribution in [2.75, 3.05) is 17.3 Å². The summed E-state index contributed by atoms with van der Waals surface area (Å²) < 4.78 is 23.6. The van der Waals surface area contributed by atoms with Gasteiger partial charge in [0.05, 0.1) is 22.8 Å². The maximum Gasteiger partial charge on any atom is 0.233 e. The summed E-state index contributed by atoms with van der Waals surface area (Å²) in [4.78, 5) is 19.1. The van der Waals surface area contributed by atoms with Crippen LogP contribution in [-0.2, 0) is 14.6 Å². The number of amides is 1. The predicted octanol–water partition coefficient (Wildman–Crippen LogP) is 2.15. The molecule has 0 bridgehead atoms. The molecule has 2 heterocycles. The van der Waals surface area contributed by atoms with E-state index in [0.29, 0.717) is 17.0 Å². The molecule has 2 aliphatic rings. The van der Waals surface area contributed by atoms with E-state index in [2.05, 4.69) is 11.1 Å². The molecule has 2 fully saturated rings. The highest BCUT2D eigenvalue weighted by atomic mass is 32.2. The summed E-state index contributed by atoms with van der Waals surface area (Å²) in [7, 11) is -3.03. The van der Waals surface area contributed by atoms with E-state index < -0.39 is 9.84 Å². The molecule has 1 atom stereocenters. The molecule has 1 aromatic heterocycles. The minimum absolute atomic E-state index is 0.0545. The number of nitriles is 1. The van der Waals surface area contributed by atoms with E-state index in [1.807, 2.05) is 20.8 Å². The molecule has 8 heteroatoms. The van der Waals surface area contributed by atoms with E-state index in [0.717, 1.165) is 29.7 Å². The quantitative estimate of drug-likeness (QED) is 0.712. The van der Waals surface area contributed by atoms with E-state index in [9.17, 15) is 18.5 Å². The number of thioether (sulfide) groups is 1. The molecule has 3 rings (SSSR count). The molecule has 1 saturated heterocycles. The number of aromatic nitrogens is 1. The van der Waals surface area contributed by atoms with E-state index >= 15 is 0 Å². The van der Waals surface area contributed by atoms with E-state index in [1.165, 1.54) is 11.8 Å². The summed E-state index contributed by atoms with van der Waals surface area (Å²) in [5.41, 5.74) is 3.27. The van der Waals surface area contributed by atoms with Crippen LogP contribution in [0.15, 0.2) is 5.03 Å². The van der Waals surface area contributed by atoms with Crippen LogP contribution in [0, 0.1) is 32.1 Å². The SMILES string of the molecule is Cc1nc(SCC(=O)N(C2CC2)[C@@H]2CCS(=O)(=O)C2)c(C#N)c(C)c1C. The molecule has 1 saturated carbocycles. The van der Waals surface area contributed by atoms with Gasteiger partial charge in [0.15, 0.2) is 9.84 Å². The Morgan fingerprint density at radius 1 is 1.23 bits per heavy atom. The van der Waals surface area contributed by atoms with Gasteiger partial charge in [-0.3, -0.25) is 4.79 Å². The second-order valence-corrected chi connectivity index (χ2v) is 10.3. The van der Waals surface area contributed by atoms with Crippen LogP contribution in [0.1, 0.15) is 41.6 Å². The van der Waals surface area contributed by atoms with Crippen LogP contribution >= 0.6 is 11.8 Å². The summed E-state index contributed by atoms with van der Waals surface area (Å²) in [6, 6.07) is 2.17. The Morgan fingerprint density at radius 3 is 2.46 bits per heavy atom. The average molecular weight is 394 g/mol. The van der Waals surface area contributed by atoms with Crippen LogP contribution in [-0.4, -0.2) is 53.6 Å². The number of carbonyl (C=O) groups is 1. The van der Waals surface area contributed by atoms with Gasteiger partial charge in [-0.2, -0.15) is 5.26 Å².